The van der Waals surface area contributed by atoms with Gasteiger partial charge in [-0.1, -0.05) is 23.2 Å². The highest BCUT2D eigenvalue weighted by Crippen LogP contribution is 2.23. The van der Waals surface area contributed by atoms with E-state index in [0.717, 1.165) is 16.9 Å². The van der Waals surface area contributed by atoms with Gasteiger partial charge in [0.2, 0.25) is 0 Å². The Morgan fingerprint density at radius 3 is 2.50 bits per heavy atom. The number of thiophene rings is 1. The first-order valence-corrected chi connectivity index (χ1v) is 8.49. The van der Waals surface area contributed by atoms with Crippen molar-refractivity contribution in [3.05, 3.63) is 50.8 Å². The van der Waals surface area contributed by atoms with Crippen LogP contribution in [0.2, 0.25) is 10.0 Å². The molecule has 0 atom stereocenters. The number of hydrogen-bond acceptors (Lipinski definition) is 4. The summed E-state index contributed by atoms with van der Waals surface area (Å²) in [6, 6.07) is 5.70. The monoisotopic (exact) mass is 349 g/mol. The predicted molar refractivity (Wildman–Crippen MR) is 80.2 cm³/mol. The number of rotatable bonds is 3. The number of carbonyl (C=O) groups excluding carboxylic acids is 1. The Morgan fingerprint density at radius 2 is 1.95 bits per heavy atom. The molecule has 1 amide bonds. The molecule has 0 saturated heterocycles. The normalized spacial score (nSPS) is 11.3. The smallest absolute Gasteiger partial charge is 0.268 e. The summed E-state index contributed by atoms with van der Waals surface area (Å²) in [5.74, 6) is -0.794. The van der Waals surface area contributed by atoms with Gasteiger partial charge in [-0.15, -0.1) is 11.3 Å². The number of hydrogen-bond donors (Lipinski definition) is 1. The van der Waals surface area contributed by atoms with E-state index in [1.54, 1.807) is 12.3 Å². The van der Waals surface area contributed by atoms with Crippen molar-refractivity contribution in [1.29, 1.82) is 0 Å². The van der Waals surface area contributed by atoms with E-state index in [-0.39, 0.29) is 14.8 Å². The van der Waals surface area contributed by atoms with Crippen LogP contribution in [0.1, 0.15) is 15.9 Å². The SMILES string of the molecule is Cc1csc(S(=O)(=O)NC(=O)c2ccc(Cl)cc2Cl)c1. The molecule has 8 heteroatoms. The van der Waals surface area contributed by atoms with Gasteiger partial charge < -0.3 is 0 Å². The van der Waals surface area contributed by atoms with Crippen LogP contribution >= 0.6 is 34.5 Å². The van der Waals surface area contributed by atoms with Gasteiger partial charge in [-0.05, 0) is 42.1 Å². The van der Waals surface area contributed by atoms with Crippen LogP contribution in [0.15, 0.2) is 33.9 Å². The third-order valence-electron chi connectivity index (χ3n) is 2.37. The fraction of sp³-hybridized carbons (Fsp3) is 0.0833. The molecule has 0 unspecified atom stereocenters. The van der Waals surface area contributed by atoms with Crippen LogP contribution in [-0.2, 0) is 10.0 Å². The van der Waals surface area contributed by atoms with E-state index in [1.165, 1.54) is 24.3 Å². The molecule has 0 aliphatic rings. The second kappa shape index (κ2) is 5.73. The van der Waals surface area contributed by atoms with Crippen LogP contribution in [0.25, 0.3) is 0 Å². The lowest BCUT2D eigenvalue weighted by atomic mass is 10.2. The molecule has 0 aliphatic carbocycles. The molecule has 2 aromatic rings. The third kappa shape index (κ3) is 3.32. The van der Waals surface area contributed by atoms with Crippen LogP contribution in [0.4, 0.5) is 0 Å². The lowest BCUT2D eigenvalue weighted by Gasteiger charge is -2.06. The lowest BCUT2D eigenvalue weighted by Crippen LogP contribution is -2.30. The number of benzene rings is 1. The summed E-state index contributed by atoms with van der Waals surface area (Å²) in [4.78, 5) is 12.0. The fourth-order valence-electron chi connectivity index (χ4n) is 1.45. The highest BCUT2D eigenvalue weighted by atomic mass is 35.5. The van der Waals surface area contributed by atoms with Crippen molar-refractivity contribution in [2.75, 3.05) is 0 Å². The molecule has 0 fully saturated rings. The van der Waals surface area contributed by atoms with Gasteiger partial charge in [-0.25, -0.2) is 13.1 Å². The van der Waals surface area contributed by atoms with E-state index in [1.807, 2.05) is 4.72 Å². The predicted octanol–water partition coefficient (Wildman–Crippen LogP) is 3.48. The summed E-state index contributed by atoms with van der Waals surface area (Å²) in [6.07, 6.45) is 0. The van der Waals surface area contributed by atoms with Crippen LogP contribution in [0, 0.1) is 6.92 Å². The van der Waals surface area contributed by atoms with E-state index >= 15 is 0 Å². The number of halogens is 2. The number of amides is 1. The Labute approximate surface area is 130 Å². The van der Waals surface area contributed by atoms with Crippen molar-refractivity contribution in [2.24, 2.45) is 0 Å². The molecule has 2 rings (SSSR count). The Morgan fingerprint density at radius 1 is 1.25 bits per heavy atom. The topological polar surface area (TPSA) is 63.2 Å². The molecule has 4 nitrogen and oxygen atoms in total. The summed E-state index contributed by atoms with van der Waals surface area (Å²) < 4.78 is 26.1. The summed E-state index contributed by atoms with van der Waals surface area (Å²) in [5.41, 5.74) is 0.861. The molecule has 1 aromatic heterocycles. The number of carbonyl (C=O) groups is 1. The van der Waals surface area contributed by atoms with Gasteiger partial charge in [0.25, 0.3) is 15.9 Å². The molecule has 106 valence electrons. The van der Waals surface area contributed by atoms with Gasteiger partial charge in [-0.2, -0.15) is 0 Å². The zero-order valence-electron chi connectivity index (χ0n) is 10.2. The largest absolute Gasteiger partial charge is 0.273 e. The summed E-state index contributed by atoms with van der Waals surface area (Å²) in [5, 5.41) is 2.14. The van der Waals surface area contributed by atoms with Crippen LogP contribution in [0.5, 0.6) is 0 Å². The maximum Gasteiger partial charge on any atom is 0.273 e. The lowest BCUT2D eigenvalue weighted by molar-refractivity contribution is 0.0981. The second-order valence-electron chi connectivity index (χ2n) is 4.00. The van der Waals surface area contributed by atoms with Gasteiger partial charge in [0.15, 0.2) is 0 Å². The molecule has 0 aliphatic heterocycles. The van der Waals surface area contributed by atoms with Crippen molar-refractivity contribution in [1.82, 2.24) is 4.72 Å². The van der Waals surface area contributed by atoms with Crippen molar-refractivity contribution < 1.29 is 13.2 Å². The minimum absolute atomic E-state index is 0.0490. The standard InChI is InChI=1S/C12H9Cl2NO3S2/c1-7-4-11(19-6-7)20(17,18)15-12(16)9-3-2-8(13)5-10(9)14/h2-6H,1H3,(H,15,16). The summed E-state index contributed by atoms with van der Waals surface area (Å²) >= 11 is 12.6. The van der Waals surface area contributed by atoms with Crippen molar-refractivity contribution in [2.45, 2.75) is 11.1 Å². The van der Waals surface area contributed by atoms with E-state index in [2.05, 4.69) is 0 Å². The average Bonchev–Trinajstić information content (AvgIpc) is 2.75. The fourth-order valence-corrected chi connectivity index (χ4v) is 4.14. The number of sulfonamides is 1. The summed E-state index contributed by atoms with van der Waals surface area (Å²) in [6.45, 7) is 1.77. The zero-order valence-corrected chi connectivity index (χ0v) is 13.3. The van der Waals surface area contributed by atoms with Gasteiger partial charge >= 0.3 is 0 Å². The third-order valence-corrected chi connectivity index (χ3v) is 5.81. The number of nitrogens with one attached hydrogen (secondary N) is 1. The Hall–Kier alpha value is -1.08. The summed E-state index contributed by atoms with van der Waals surface area (Å²) in [7, 11) is -3.89. The van der Waals surface area contributed by atoms with Crippen molar-refractivity contribution in [3.63, 3.8) is 0 Å². The maximum absolute atomic E-state index is 12.0. The minimum atomic E-state index is -3.89. The molecule has 1 aromatic carbocycles. The van der Waals surface area contributed by atoms with E-state index in [9.17, 15) is 13.2 Å². The van der Waals surface area contributed by atoms with Crippen molar-refractivity contribution in [3.8, 4) is 0 Å². The highest BCUT2D eigenvalue weighted by Gasteiger charge is 2.21. The Bertz CT molecular complexity index is 769. The molecule has 0 bridgehead atoms. The molecule has 0 radical (unpaired) electrons. The Balaban J connectivity index is 2.27. The first-order chi connectivity index (χ1) is 9.29. The minimum Gasteiger partial charge on any atom is -0.268 e. The molecule has 0 saturated carbocycles. The van der Waals surface area contributed by atoms with Gasteiger partial charge in [0.1, 0.15) is 4.21 Å². The van der Waals surface area contributed by atoms with Crippen LogP contribution in [0.3, 0.4) is 0 Å². The van der Waals surface area contributed by atoms with Gasteiger partial charge in [0.05, 0.1) is 10.6 Å². The maximum atomic E-state index is 12.0. The molecule has 1 N–H and O–H groups in total. The Kier molecular flexibility index (Phi) is 4.39. The number of aryl methyl sites for hydroxylation is 1. The average molecular weight is 350 g/mol. The van der Waals surface area contributed by atoms with Crippen LogP contribution < -0.4 is 4.72 Å². The van der Waals surface area contributed by atoms with Crippen molar-refractivity contribution >= 4 is 50.5 Å². The van der Waals surface area contributed by atoms with E-state index in [4.69, 9.17) is 23.2 Å². The molecule has 0 spiro atoms. The first-order valence-electron chi connectivity index (χ1n) is 5.37. The van der Waals surface area contributed by atoms with Gasteiger partial charge in [0, 0.05) is 5.02 Å². The van der Waals surface area contributed by atoms with Gasteiger partial charge in [-0.3, -0.25) is 4.79 Å². The zero-order chi connectivity index (χ0) is 14.9. The molecule has 1 heterocycles. The first kappa shape index (κ1) is 15.3. The quantitative estimate of drug-likeness (QED) is 0.922. The molecular formula is C12H9Cl2NO3S2. The second-order valence-corrected chi connectivity index (χ2v) is 7.67. The van der Waals surface area contributed by atoms with Crippen LogP contribution in [-0.4, -0.2) is 14.3 Å². The van der Waals surface area contributed by atoms with E-state index < -0.39 is 15.9 Å². The molecule has 20 heavy (non-hydrogen) atoms. The molecular weight excluding hydrogens is 341 g/mol. The van der Waals surface area contributed by atoms with E-state index in [0.29, 0.717) is 5.02 Å². The highest BCUT2D eigenvalue weighted by molar-refractivity contribution is 7.92.